The normalized spacial score (nSPS) is 10.9. The van der Waals surface area contributed by atoms with Crippen molar-refractivity contribution in [3.8, 4) is 0 Å². The molecule has 0 unspecified atom stereocenters. The second-order valence-electron chi connectivity index (χ2n) is 3.79. The summed E-state index contributed by atoms with van der Waals surface area (Å²) < 4.78 is 5.13. The van der Waals surface area contributed by atoms with E-state index in [1.807, 2.05) is 6.92 Å². The van der Waals surface area contributed by atoms with Gasteiger partial charge in [0.25, 0.3) is 0 Å². The molecule has 0 radical (unpaired) electrons. The second-order valence-corrected chi connectivity index (χ2v) is 3.79. The maximum absolute atomic E-state index is 11.2. The predicted octanol–water partition coefficient (Wildman–Crippen LogP) is 1.18. The van der Waals surface area contributed by atoms with Crippen LogP contribution in [0.15, 0.2) is 27.4 Å². The van der Waals surface area contributed by atoms with E-state index < -0.39 is 0 Å². The molecule has 0 aliphatic carbocycles. The second kappa shape index (κ2) is 3.98. The van der Waals surface area contributed by atoms with Crippen LogP contribution >= 0.6 is 0 Å². The minimum Gasteiger partial charge on any atom is -0.423 e. The highest BCUT2D eigenvalue weighted by atomic mass is 16.4. The molecule has 2 aromatic rings. The number of nitrogen functional groups attached to an aromatic ring is 1. The van der Waals surface area contributed by atoms with Gasteiger partial charge in [0.1, 0.15) is 5.58 Å². The Morgan fingerprint density at radius 2 is 2.12 bits per heavy atom. The molecule has 0 spiro atoms. The smallest absolute Gasteiger partial charge is 0.336 e. The van der Waals surface area contributed by atoms with Crippen molar-refractivity contribution in [3.63, 3.8) is 0 Å². The van der Waals surface area contributed by atoms with E-state index in [1.165, 1.54) is 6.07 Å². The molecule has 0 atom stereocenters. The number of anilines is 1. The Morgan fingerprint density at radius 1 is 1.38 bits per heavy atom. The fourth-order valence-corrected chi connectivity index (χ4v) is 1.96. The molecule has 0 bridgehead atoms. The van der Waals surface area contributed by atoms with Crippen LogP contribution in [0.3, 0.4) is 0 Å². The third-order valence-corrected chi connectivity index (χ3v) is 2.64. The van der Waals surface area contributed by atoms with E-state index in [1.54, 1.807) is 12.1 Å². The van der Waals surface area contributed by atoms with Gasteiger partial charge >= 0.3 is 5.63 Å². The number of rotatable bonds is 2. The third kappa shape index (κ3) is 1.67. The lowest BCUT2D eigenvalue weighted by Gasteiger charge is -2.09. The summed E-state index contributed by atoms with van der Waals surface area (Å²) in [4.78, 5) is 11.2. The van der Waals surface area contributed by atoms with Gasteiger partial charge in [0, 0.05) is 17.1 Å². The Balaban J connectivity index is 2.86. The van der Waals surface area contributed by atoms with Crippen LogP contribution in [0.25, 0.3) is 11.0 Å². The molecule has 0 saturated heterocycles. The first-order valence-electron chi connectivity index (χ1n) is 5.15. The van der Waals surface area contributed by atoms with Crippen molar-refractivity contribution in [1.29, 1.82) is 0 Å². The first-order chi connectivity index (χ1) is 7.63. The summed E-state index contributed by atoms with van der Waals surface area (Å²) >= 11 is 0. The number of fused-ring (bicyclic) bond motifs is 1. The zero-order valence-corrected chi connectivity index (χ0v) is 9.12. The lowest BCUT2D eigenvalue weighted by atomic mass is 10.0. The standard InChI is InChI=1S/C12H14N2O2/c1-7-6-11(15)16-10-3-2-9(14)8(4-5-13)12(7)10/h2-3,6H,4-5,13-14H2,1H3. The molecule has 84 valence electrons. The minimum atomic E-state index is -0.339. The van der Waals surface area contributed by atoms with Gasteiger partial charge in [0.15, 0.2) is 0 Å². The number of nitrogens with two attached hydrogens (primary N) is 2. The molecule has 0 aliphatic rings. The Morgan fingerprint density at radius 3 is 2.81 bits per heavy atom. The van der Waals surface area contributed by atoms with Crippen molar-refractivity contribution in [2.24, 2.45) is 5.73 Å². The van der Waals surface area contributed by atoms with Crippen LogP contribution in [0.1, 0.15) is 11.1 Å². The fraction of sp³-hybridized carbons (Fsp3) is 0.250. The molecule has 1 aromatic heterocycles. The van der Waals surface area contributed by atoms with Gasteiger partial charge < -0.3 is 15.9 Å². The van der Waals surface area contributed by atoms with E-state index in [-0.39, 0.29) is 5.63 Å². The zero-order valence-electron chi connectivity index (χ0n) is 9.12. The SMILES string of the molecule is Cc1cc(=O)oc2ccc(N)c(CCN)c12. The molecule has 4 nitrogen and oxygen atoms in total. The van der Waals surface area contributed by atoms with E-state index in [9.17, 15) is 4.79 Å². The molecule has 1 heterocycles. The fourth-order valence-electron chi connectivity index (χ4n) is 1.96. The summed E-state index contributed by atoms with van der Waals surface area (Å²) in [5, 5.41) is 0.907. The highest BCUT2D eigenvalue weighted by Gasteiger charge is 2.09. The number of hydrogen-bond acceptors (Lipinski definition) is 4. The van der Waals surface area contributed by atoms with Crippen molar-refractivity contribution in [2.45, 2.75) is 13.3 Å². The first kappa shape index (κ1) is 10.7. The van der Waals surface area contributed by atoms with Crippen molar-refractivity contribution in [1.82, 2.24) is 0 Å². The van der Waals surface area contributed by atoms with Gasteiger partial charge in [-0.25, -0.2) is 4.79 Å². The maximum Gasteiger partial charge on any atom is 0.336 e. The van der Waals surface area contributed by atoms with E-state index in [0.717, 1.165) is 16.5 Å². The zero-order chi connectivity index (χ0) is 11.7. The molecular weight excluding hydrogens is 204 g/mol. The Kier molecular flexibility index (Phi) is 2.66. The summed E-state index contributed by atoms with van der Waals surface area (Å²) in [5.41, 5.74) is 14.2. The van der Waals surface area contributed by atoms with Gasteiger partial charge in [-0.2, -0.15) is 0 Å². The molecule has 0 fully saturated rings. The minimum absolute atomic E-state index is 0.339. The van der Waals surface area contributed by atoms with Crippen molar-refractivity contribution in [2.75, 3.05) is 12.3 Å². The summed E-state index contributed by atoms with van der Waals surface area (Å²) in [5.74, 6) is 0. The van der Waals surface area contributed by atoms with E-state index >= 15 is 0 Å². The van der Waals surface area contributed by atoms with Crippen LogP contribution in [0, 0.1) is 6.92 Å². The molecule has 16 heavy (non-hydrogen) atoms. The van der Waals surface area contributed by atoms with Crippen molar-refractivity contribution < 1.29 is 4.42 Å². The van der Waals surface area contributed by atoms with Crippen LogP contribution in [0.2, 0.25) is 0 Å². The summed E-state index contributed by atoms with van der Waals surface area (Å²) in [6, 6.07) is 4.94. The van der Waals surface area contributed by atoms with E-state index in [2.05, 4.69) is 0 Å². The van der Waals surface area contributed by atoms with Gasteiger partial charge in [-0.1, -0.05) is 0 Å². The monoisotopic (exact) mass is 218 g/mol. The molecule has 0 amide bonds. The van der Waals surface area contributed by atoms with Gasteiger partial charge in [-0.15, -0.1) is 0 Å². The average Bonchev–Trinajstić information content (AvgIpc) is 2.22. The number of aryl methyl sites for hydroxylation is 1. The summed E-state index contributed by atoms with van der Waals surface area (Å²) in [6.07, 6.45) is 0.678. The van der Waals surface area contributed by atoms with Crippen LogP contribution in [-0.2, 0) is 6.42 Å². The van der Waals surface area contributed by atoms with E-state index in [0.29, 0.717) is 24.2 Å². The largest absolute Gasteiger partial charge is 0.423 e. The maximum atomic E-state index is 11.2. The van der Waals surface area contributed by atoms with Crippen LogP contribution < -0.4 is 17.1 Å². The molecule has 2 rings (SSSR count). The lowest BCUT2D eigenvalue weighted by Crippen LogP contribution is -2.08. The number of hydrogen-bond donors (Lipinski definition) is 2. The van der Waals surface area contributed by atoms with Gasteiger partial charge in [-0.3, -0.25) is 0 Å². The predicted molar refractivity (Wildman–Crippen MR) is 64.4 cm³/mol. The van der Waals surface area contributed by atoms with Crippen molar-refractivity contribution in [3.05, 3.63) is 39.7 Å². The third-order valence-electron chi connectivity index (χ3n) is 2.64. The molecule has 1 aromatic carbocycles. The topological polar surface area (TPSA) is 82.2 Å². The Hall–Kier alpha value is -1.81. The highest BCUT2D eigenvalue weighted by Crippen LogP contribution is 2.26. The Labute approximate surface area is 92.9 Å². The number of benzene rings is 1. The average molecular weight is 218 g/mol. The van der Waals surface area contributed by atoms with Crippen molar-refractivity contribution >= 4 is 16.7 Å². The first-order valence-corrected chi connectivity index (χ1v) is 5.15. The molecule has 0 saturated carbocycles. The van der Waals surface area contributed by atoms with Gasteiger partial charge in [0.05, 0.1) is 0 Å². The molecule has 0 aliphatic heterocycles. The van der Waals surface area contributed by atoms with Gasteiger partial charge in [-0.05, 0) is 43.1 Å². The molecular formula is C12H14N2O2. The summed E-state index contributed by atoms with van der Waals surface area (Å²) in [7, 11) is 0. The molecule has 4 N–H and O–H groups in total. The highest BCUT2D eigenvalue weighted by molar-refractivity contribution is 5.88. The van der Waals surface area contributed by atoms with Crippen LogP contribution in [0.4, 0.5) is 5.69 Å². The quantitative estimate of drug-likeness (QED) is 0.585. The molecule has 4 heteroatoms. The van der Waals surface area contributed by atoms with Crippen LogP contribution in [-0.4, -0.2) is 6.54 Å². The Bertz CT molecular complexity index is 587. The summed E-state index contributed by atoms with van der Waals surface area (Å²) in [6.45, 7) is 2.39. The van der Waals surface area contributed by atoms with E-state index in [4.69, 9.17) is 15.9 Å². The van der Waals surface area contributed by atoms with Crippen LogP contribution in [0.5, 0.6) is 0 Å². The van der Waals surface area contributed by atoms with Gasteiger partial charge in [0.2, 0.25) is 0 Å². The lowest BCUT2D eigenvalue weighted by molar-refractivity contribution is 0.559.